The Morgan fingerprint density at radius 3 is 0.810 bits per heavy atom. The Balaban J connectivity index is 3.11. The van der Waals surface area contributed by atoms with Gasteiger partial charge < -0.3 is 9.80 Å². The third-order valence-corrected chi connectivity index (χ3v) is 3.53. The van der Waals surface area contributed by atoms with Crippen molar-refractivity contribution < 1.29 is 0 Å². The van der Waals surface area contributed by atoms with E-state index in [1.807, 2.05) is 0 Å². The fourth-order valence-corrected chi connectivity index (χ4v) is 3.76. The van der Waals surface area contributed by atoms with Crippen LogP contribution in [0.1, 0.15) is 83.1 Å². The van der Waals surface area contributed by atoms with E-state index >= 15 is 0 Å². The van der Waals surface area contributed by atoms with Crippen LogP contribution in [0.5, 0.6) is 0 Å². The molecule has 1 aliphatic carbocycles. The molecule has 122 valence electrons. The van der Waals surface area contributed by atoms with E-state index in [1.54, 1.807) is 0 Å². The molecule has 0 aromatic rings. The van der Waals surface area contributed by atoms with Crippen molar-refractivity contribution >= 4 is 0 Å². The summed E-state index contributed by atoms with van der Waals surface area (Å²) in [6.07, 6.45) is 0. The van der Waals surface area contributed by atoms with E-state index in [9.17, 15) is 0 Å². The van der Waals surface area contributed by atoms with E-state index in [-0.39, 0.29) is 22.2 Å². The zero-order valence-corrected chi connectivity index (χ0v) is 16.4. The van der Waals surface area contributed by atoms with Crippen LogP contribution < -0.4 is 0 Å². The summed E-state index contributed by atoms with van der Waals surface area (Å²) in [6, 6.07) is 0. The molecule has 0 amide bonds. The molecule has 0 aliphatic heterocycles. The molecular formula is C19H36N2. The maximum atomic E-state index is 3.58. The van der Waals surface area contributed by atoms with Crippen molar-refractivity contribution in [3.63, 3.8) is 0 Å². The molecule has 1 aliphatic rings. The molecule has 2 nitrogen and oxygen atoms in total. The Bertz CT molecular complexity index is 394. The van der Waals surface area contributed by atoms with E-state index in [1.165, 1.54) is 11.4 Å². The van der Waals surface area contributed by atoms with Crippen molar-refractivity contribution in [1.29, 1.82) is 0 Å². The zero-order valence-electron chi connectivity index (χ0n) is 16.4. The molecule has 0 saturated heterocycles. The van der Waals surface area contributed by atoms with Crippen LogP contribution in [0.4, 0.5) is 0 Å². The minimum absolute atomic E-state index is 0.0871. The lowest BCUT2D eigenvalue weighted by Crippen LogP contribution is -2.54. The molecule has 0 N–H and O–H groups in total. The van der Waals surface area contributed by atoms with Crippen molar-refractivity contribution in [1.82, 2.24) is 9.80 Å². The van der Waals surface area contributed by atoms with E-state index in [0.29, 0.717) is 0 Å². The van der Waals surface area contributed by atoms with Crippen LogP contribution in [0, 0.1) is 0 Å². The van der Waals surface area contributed by atoms with Gasteiger partial charge in [-0.05, 0) is 83.1 Å². The topological polar surface area (TPSA) is 6.48 Å². The Hall–Kier alpha value is -0.880. The quantitative estimate of drug-likeness (QED) is 0.648. The summed E-state index contributed by atoms with van der Waals surface area (Å²) < 4.78 is 0. The fraction of sp³-hybridized carbons (Fsp3) is 0.842. The van der Waals surface area contributed by atoms with Gasteiger partial charge in [-0.2, -0.15) is 0 Å². The number of hydrogen-bond acceptors (Lipinski definition) is 2. The van der Waals surface area contributed by atoms with Crippen molar-refractivity contribution in [2.24, 2.45) is 0 Å². The highest BCUT2D eigenvalue weighted by atomic mass is 15.3. The summed E-state index contributed by atoms with van der Waals surface area (Å²) in [6.45, 7) is 27.3. The minimum atomic E-state index is 0.0871. The van der Waals surface area contributed by atoms with Crippen LogP contribution in [-0.4, -0.2) is 32.0 Å². The van der Waals surface area contributed by atoms with Gasteiger partial charge >= 0.3 is 0 Å². The van der Waals surface area contributed by atoms with E-state index < -0.39 is 0 Å². The number of hydrogen-bond donors (Lipinski definition) is 0. The molecule has 21 heavy (non-hydrogen) atoms. The molecule has 0 radical (unpaired) electrons. The average Bonchev–Trinajstić information content (AvgIpc) is 2.71. The molecule has 0 unspecified atom stereocenters. The molecule has 1 rings (SSSR count). The fourth-order valence-electron chi connectivity index (χ4n) is 3.76. The highest BCUT2D eigenvalue weighted by Crippen LogP contribution is 2.43. The summed E-state index contributed by atoms with van der Waals surface area (Å²) in [4.78, 5) is 5.00. The lowest BCUT2D eigenvalue weighted by Gasteiger charge is -2.50. The van der Waals surface area contributed by atoms with Crippen molar-refractivity contribution in [3.8, 4) is 0 Å². The molecule has 0 bridgehead atoms. The average molecular weight is 293 g/mol. The van der Waals surface area contributed by atoms with Crippen LogP contribution in [-0.2, 0) is 0 Å². The second-order valence-electron chi connectivity index (χ2n) is 10.2. The first-order valence-corrected chi connectivity index (χ1v) is 8.09. The van der Waals surface area contributed by atoms with Gasteiger partial charge in [0.15, 0.2) is 0 Å². The van der Waals surface area contributed by atoms with Gasteiger partial charge in [0.05, 0.1) is 0 Å². The van der Waals surface area contributed by atoms with Gasteiger partial charge in [-0.1, -0.05) is 5.73 Å². The highest BCUT2D eigenvalue weighted by Gasteiger charge is 2.44. The van der Waals surface area contributed by atoms with Crippen LogP contribution >= 0.6 is 0 Å². The monoisotopic (exact) mass is 292 g/mol. The van der Waals surface area contributed by atoms with Gasteiger partial charge in [0.2, 0.25) is 0 Å². The second-order valence-corrected chi connectivity index (χ2v) is 10.2. The molecule has 0 spiro atoms. The number of rotatable bonds is 2. The maximum Gasteiger partial charge on any atom is 0.115 e. The molecule has 0 fully saturated rings. The minimum Gasteiger partial charge on any atom is -0.353 e. The molecule has 0 aromatic carbocycles. The Morgan fingerprint density at radius 2 is 0.667 bits per heavy atom. The van der Waals surface area contributed by atoms with Crippen LogP contribution in [0.15, 0.2) is 17.1 Å². The van der Waals surface area contributed by atoms with Crippen LogP contribution in [0.3, 0.4) is 0 Å². The largest absolute Gasteiger partial charge is 0.353 e. The molecule has 0 saturated carbocycles. The predicted molar refractivity (Wildman–Crippen MR) is 93.2 cm³/mol. The van der Waals surface area contributed by atoms with Gasteiger partial charge in [-0.15, -0.1) is 0 Å². The molecular weight excluding hydrogens is 256 g/mol. The summed E-state index contributed by atoms with van der Waals surface area (Å²) in [5, 5.41) is 0. The first-order valence-electron chi connectivity index (χ1n) is 8.09. The zero-order chi connectivity index (χ0) is 17.0. The molecule has 0 heterocycles. The lowest BCUT2D eigenvalue weighted by atomic mass is 9.93. The summed E-state index contributed by atoms with van der Waals surface area (Å²) >= 11 is 0. The van der Waals surface area contributed by atoms with Gasteiger partial charge in [-0.25, -0.2) is 0 Å². The van der Waals surface area contributed by atoms with Gasteiger partial charge in [0.1, 0.15) is 11.4 Å². The summed E-state index contributed by atoms with van der Waals surface area (Å²) in [5.74, 6) is 0. The smallest absolute Gasteiger partial charge is 0.115 e. The third kappa shape index (κ3) is 4.07. The van der Waals surface area contributed by atoms with Crippen LogP contribution in [0.2, 0.25) is 0 Å². The van der Waals surface area contributed by atoms with Gasteiger partial charge in [0, 0.05) is 22.2 Å². The van der Waals surface area contributed by atoms with Gasteiger partial charge in [-0.3, -0.25) is 0 Å². The SMILES string of the molecule is CC(C)(C)N(C1=C=C1N(C(C)(C)C)C(C)(C)C)C(C)(C)C. The molecule has 2 heteroatoms. The van der Waals surface area contributed by atoms with Gasteiger partial charge in [0.25, 0.3) is 0 Å². The first-order chi connectivity index (χ1) is 8.97. The highest BCUT2D eigenvalue weighted by molar-refractivity contribution is 5.45. The summed E-state index contributed by atoms with van der Waals surface area (Å²) in [5.41, 5.74) is 6.48. The van der Waals surface area contributed by atoms with E-state index in [0.717, 1.165) is 0 Å². The number of nitrogens with zero attached hydrogens (tertiary/aromatic N) is 2. The summed E-state index contributed by atoms with van der Waals surface area (Å²) in [7, 11) is 0. The lowest BCUT2D eigenvalue weighted by molar-refractivity contribution is 0.0557. The second kappa shape index (κ2) is 4.81. The molecule has 0 atom stereocenters. The Kier molecular flexibility index (Phi) is 4.16. The Labute approximate surface area is 132 Å². The standard InChI is InChI=1S/C19H36N2/c1-16(2,3)20(17(4,5)6)14-13-15(14)21(18(7,8)9)19(10,11)12/h1-12H3. The van der Waals surface area contributed by atoms with E-state index in [2.05, 4.69) is 98.6 Å². The van der Waals surface area contributed by atoms with Crippen LogP contribution in [0.25, 0.3) is 0 Å². The normalized spacial score (nSPS) is 16.4. The first kappa shape index (κ1) is 18.2. The third-order valence-electron chi connectivity index (χ3n) is 3.53. The van der Waals surface area contributed by atoms with Crippen molar-refractivity contribution in [2.75, 3.05) is 0 Å². The molecule has 0 aromatic heterocycles. The van der Waals surface area contributed by atoms with Crippen molar-refractivity contribution in [3.05, 3.63) is 17.1 Å². The predicted octanol–water partition coefficient (Wildman–Crippen LogP) is 5.16. The Morgan fingerprint density at radius 1 is 0.476 bits per heavy atom. The maximum absolute atomic E-state index is 3.58. The van der Waals surface area contributed by atoms with Crippen molar-refractivity contribution in [2.45, 2.75) is 105 Å². The van der Waals surface area contributed by atoms with E-state index in [4.69, 9.17) is 0 Å².